The molecule has 0 aromatic carbocycles. The van der Waals surface area contributed by atoms with Crippen LogP contribution in [0.25, 0.3) is 0 Å². The van der Waals surface area contributed by atoms with Gasteiger partial charge in [-0.3, -0.25) is 0 Å². The van der Waals surface area contributed by atoms with Gasteiger partial charge in [0.05, 0.1) is 0 Å². The lowest BCUT2D eigenvalue weighted by atomic mass is 9.65. The third-order valence-electron chi connectivity index (χ3n) is 3.07. The molecule has 0 aromatic heterocycles. The van der Waals surface area contributed by atoms with Gasteiger partial charge in [0.15, 0.2) is 0 Å². The molecule has 0 bridgehead atoms. The minimum absolute atomic E-state index is 0.180. The van der Waals surface area contributed by atoms with Gasteiger partial charge in [-0.15, -0.1) is 0 Å². The Kier molecular flexibility index (Phi) is 2.07. The molecule has 0 saturated carbocycles. The molecule has 1 rings (SSSR count). The molecule has 1 heteroatoms. The van der Waals surface area contributed by atoms with E-state index in [0.29, 0.717) is 5.76 Å². The first-order chi connectivity index (χ1) is 5.35. The van der Waals surface area contributed by atoms with Crippen LogP contribution < -0.4 is 0 Å². The molecule has 0 fully saturated rings. The zero-order valence-electron chi connectivity index (χ0n) is 8.39. The Hall–Kier alpha value is -0.720. The highest BCUT2D eigenvalue weighted by atomic mass is 16.3. The summed E-state index contributed by atoms with van der Waals surface area (Å²) in [5, 5.41) is 9.18. The van der Waals surface area contributed by atoms with Gasteiger partial charge in [-0.2, -0.15) is 0 Å². The summed E-state index contributed by atoms with van der Waals surface area (Å²) in [4.78, 5) is 0. The van der Waals surface area contributed by atoms with Gasteiger partial charge in [0.1, 0.15) is 5.76 Å². The van der Waals surface area contributed by atoms with Crippen LogP contribution in [0.5, 0.6) is 0 Å². The number of aliphatic hydroxyl groups is 1. The number of hydrogen-bond donors (Lipinski definition) is 1. The van der Waals surface area contributed by atoms with E-state index in [0.717, 1.165) is 6.42 Å². The highest BCUT2D eigenvalue weighted by Crippen LogP contribution is 2.44. The van der Waals surface area contributed by atoms with Gasteiger partial charge >= 0.3 is 0 Å². The Balaban J connectivity index is 2.86. The minimum Gasteiger partial charge on any atom is -0.508 e. The third kappa shape index (κ3) is 1.55. The summed E-state index contributed by atoms with van der Waals surface area (Å²) in [6.45, 7) is 8.92. The van der Waals surface area contributed by atoms with Gasteiger partial charge in [-0.05, 0) is 29.4 Å². The van der Waals surface area contributed by atoms with E-state index in [9.17, 15) is 5.11 Å². The molecular weight excluding hydrogens is 148 g/mol. The Morgan fingerprint density at radius 3 is 2.33 bits per heavy atom. The molecule has 1 aliphatic carbocycles. The first kappa shape index (κ1) is 9.37. The van der Waals surface area contributed by atoms with Crippen LogP contribution in [0.3, 0.4) is 0 Å². The van der Waals surface area contributed by atoms with Gasteiger partial charge < -0.3 is 5.11 Å². The maximum absolute atomic E-state index is 9.18. The van der Waals surface area contributed by atoms with E-state index >= 15 is 0 Å². The molecule has 0 amide bonds. The predicted molar refractivity (Wildman–Crippen MR) is 52.0 cm³/mol. The first-order valence-electron chi connectivity index (χ1n) is 4.43. The number of rotatable bonds is 0. The van der Waals surface area contributed by atoms with Crippen LogP contribution in [0.1, 0.15) is 34.1 Å². The van der Waals surface area contributed by atoms with Crippen molar-refractivity contribution in [3.63, 3.8) is 0 Å². The van der Waals surface area contributed by atoms with Crippen molar-refractivity contribution in [1.82, 2.24) is 0 Å². The van der Waals surface area contributed by atoms with E-state index in [4.69, 9.17) is 0 Å². The van der Waals surface area contributed by atoms with Gasteiger partial charge in [-0.1, -0.05) is 33.8 Å². The lowest BCUT2D eigenvalue weighted by molar-refractivity contribution is 0.167. The first-order valence-corrected chi connectivity index (χ1v) is 4.43. The van der Waals surface area contributed by atoms with Gasteiger partial charge in [-0.25, -0.2) is 0 Å². The number of hydrogen-bond acceptors (Lipinski definition) is 1. The van der Waals surface area contributed by atoms with Crippen molar-refractivity contribution in [2.24, 2.45) is 10.8 Å². The molecule has 0 spiro atoms. The van der Waals surface area contributed by atoms with Crippen LogP contribution >= 0.6 is 0 Å². The van der Waals surface area contributed by atoms with Crippen molar-refractivity contribution in [2.75, 3.05) is 0 Å². The normalized spacial score (nSPS) is 30.2. The maximum atomic E-state index is 9.18. The Bertz CT molecular complexity index is 230. The maximum Gasteiger partial charge on any atom is 0.111 e. The second kappa shape index (κ2) is 2.65. The highest BCUT2D eigenvalue weighted by Gasteiger charge is 2.35. The fourth-order valence-electron chi connectivity index (χ4n) is 1.28. The molecule has 0 aromatic rings. The number of aliphatic hydroxyl groups excluding tert-OH is 1. The monoisotopic (exact) mass is 166 g/mol. The summed E-state index contributed by atoms with van der Waals surface area (Å²) < 4.78 is 0. The van der Waals surface area contributed by atoms with E-state index < -0.39 is 0 Å². The molecule has 1 atom stereocenters. The van der Waals surface area contributed by atoms with Crippen LogP contribution in [-0.4, -0.2) is 5.11 Å². The standard InChI is InChI=1S/C11H18O/c1-10(2,3)11(4)7-5-9(12)6-8-11/h5-7,12H,8H2,1-4H3. The van der Waals surface area contributed by atoms with E-state index in [2.05, 4.69) is 33.8 Å². The SMILES string of the molecule is CC(C)(C)C1(C)C=CC(O)=CC1. The Labute approximate surface area is 74.8 Å². The summed E-state index contributed by atoms with van der Waals surface area (Å²) in [7, 11) is 0. The fourth-order valence-corrected chi connectivity index (χ4v) is 1.28. The fraction of sp³-hybridized carbons (Fsp3) is 0.636. The smallest absolute Gasteiger partial charge is 0.111 e. The summed E-state index contributed by atoms with van der Waals surface area (Å²) in [5.41, 5.74) is 0.430. The van der Waals surface area contributed by atoms with E-state index in [-0.39, 0.29) is 10.8 Å². The molecule has 1 nitrogen and oxygen atoms in total. The van der Waals surface area contributed by atoms with Gasteiger partial charge in [0.25, 0.3) is 0 Å². The van der Waals surface area contributed by atoms with Crippen molar-refractivity contribution < 1.29 is 5.11 Å². The molecule has 1 unspecified atom stereocenters. The highest BCUT2D eigenvalue weighted by molar-refractivity contribution is 5.22. The third-order valence-corrected chi connectivity index (χ3v) is 3.07. The average molecular weight is 166 g/mol. The Morgan fingerprint density at radius 2 is 2.00 bits per heavy atom. The summed E-state index contributed by atoms with van der Waals surface area (Å²) >= 11 is 0. The molecule has 1 N–H and O–H groups in total. The molecule has 0 aliphatic heterocycles. The second-order valence-electron chi connectivity index (χ2n) is 4.83. The molecular formula is C11H18O. The van der Waals surface area contributed by atoms with Crippen LogP contribution in [0, 0.1) is 10.8 Å². The zero-order valence-corrected chi connectivity index (χ0v) is 8.39. The quantitative estimate of drug-likeness (QED) is 0.584. The van der Waals surface area contributed by atoms with Crippen molar-refractivity contribution >= 4 is 0 Å². The van der Waals surface area contributed by atoms with E-state index in [1.54, 1.807) is 6.08 Å². The molecule has 68 valence electrons. The molecule has 1 aliphatic rings. The predicted octanol–water partition coefficient (Wildman–Crippen LogP) is 3.44. The summed E-state index contributed by atoms with van der Waals surface area (Å²) in [5.74, 6) is 0.400. The molecule has 0 radical (unpaired) electrons. The van der Waals surface area contributed by atoms with Gasteiger partial charge in [0.2, 0.25) is 0 Å². The van der Waals surface area contributed by atoms with Crippen molar-refractivity contribution in [3.8, 4) is 0 Å². The van der Waals surface area contributed by atoms with Crippen molar-refractivity contribution in [3.05, 3.63) is 24.0 Å². The number of allylic oxidation sites excluding steroid dienone is 3. The Morgan fingerprint density at radius 1 is 1.42 bits per heavy atom. The van der Waals surface area contributed by atoms with E-state index in [1.807, 2.05) is 6.08 Å². The lowest BCUT2D eigenvalue weighted by Gasteiger charge is -2.40. The van der Waals surface area contributed by atoms with Gasteiger partial charge in [0, 0.05) is 0 Å². The second-order valence-corrected chi connectivity index (χ2v) is 4.83. The van der Waals surface area contributed by atoms with Crippen molar-refractivity contribution in [1.29, 1.82) is 0 Å². The molecule has 0 heterocycles. The lowest BCUT2D eigenvalue weighted by Crippen LogP contribution is -2.31. The summed E-state index contributed by atoms with van der Waals surface area (Å²) in [6.07, 6.45) is 6.74. The average Bonchev–Trinajstić information content (AvgIpc) is 1.93. The van der Waals surface area contributed by atoms with Crippen LogP contribution in [0.15, 0.2) is 24.0 Å². The minimum atomic E-state index is 0.180. The molecule has 12 heavy (non-hydrogen) atoms. The topological polar surface area (TPSA) is 20.2 Å². The van der Waals surface area contributed by atoms with Crippen molar-refractivity contribution in [2.45, 2.75) is 34.1 Å². The van der Waals surface area contributed by atoms with Crippen LogP contribution in [-0.2, 0) is 0 Å². The van der Waals surface area contributed by atoms with Crippen LogP contribution in [0.2, 0.25) is 0 Å². The largest absolute Gasteiger partial charge is 0.508 e. The van der Waals surface area contributed by atoms with Crippen LogP contribution in [0.4, 0.5) is 0 Å². The van der Waals surface area contributed by atoms with E-state index in [1.165, 1.54) is 0 Å². The summed E-state index contributed by atoms with van der Waals surface area (Å²) in [6, 6.07) is 0. The zero-order chi connectivity index (χ0) is 9.41. The molecule has 0 saturated heterocycles.